The van der Waals surface area contributed by atoms with Gasteiger partial charge in [-0.15, -0.1) is 0 Å². The summed E-state index contributed by atoms with van der Waals surface area (Å²) in [5, 5.41) is 14.8. The van der Waals surface area contributed by atoms with Crippen LogP contribution >= 0.6 is 0 Å². The van der Waals surface area contributed by atoms with Crippen LogP contribution in [0, 0.1) is 16.0 Å². The molecule has 1 aliphatic rings. The van der Waals surface area contributed by atoms with Crippen molar-refractivity contribution in [2.45, 2.75) is 32.5 Å². The normalized spacial score (nSPS) is 18.6. The van der Waals surface area contributed by atoms with Crippen molar-refractivity contribution in [2.75, 3.05) is 7.11 Å². The third kappa shape index (κ3) is 4.28. The third-order valence-electron chi connectivity index (χ3n) is 4.46. The molecule has 2 atom stereocenters. The molecule has 25 heavy (non-hydrogen) atoms. The van der Waals surface area contributed by atoms with Gasteiger partial charge in [-0.25, -0.2) is 0 Å². The summed E-state index contributed by atoms with van der Waals surface area (Å²) in [6.45, 7) is 2.93. The Kier molecular flexibility index (Phi) is 5.19. The molecule has 6 heteroatoms. The zero-order valence-corrected chi connectivity index (χ0v) is 14.4. The smallest absolute Gasteiger partial charge is 0.277 e. The topological polar surface area (TPSA) is 73.6 Å². The number of benzene rings is 2. The number of hydrogen-bond acceptors (Lipinski definition) is 5. The summed E-state index contributed by atoms with van der Waals surface area (Å²) in [7, 11) is 1.54. The van der Waals surface area contributed by atoms with E-state index in [2.05, 4.69) is 12.2 Å². The zero-order valence-electron chi connectivity index (χ0n) is 14.4. The molecule has 0 bridgehead atoms. The van der Waals surface area contributed by atoms with Crippen LogP contribution in [-0.2, 0) is 13.2 Å². The van der Waals surface area contributed by atoms with Gasteiger partial charge in [0.25, 0.3) is 5.69 Å². The lowest BCUT2D eigenvalue weighted by Crippen LogP contribution is -2.18. The van der Waals surface area contributed by atoms with Gasteiger partial charge in [0.15, 0.2) is 11.5 Å². The quantitative estimate of drug-likeness (QED) is 0.585. The van der Waals surface area contributed by atoms with Crippen LogP contribution < -0.4 is 14.8 Å². The first-order valence-corrected chi connectivity index (χ1v) is 8.34. The fraction of sp³-hybridized carbons (Fsp3) is 0.368. The Hall–Kier alpha value is -2.60. The predicted octanol–water partition coefficient (Wildman–Crippen LogP) is 3.68. The fourth-order valence-corrected chi connectivity index (χ4v) is 2.76. The van der Waals surface area contributed by atoms with Crippen LogP contribution in [-0.4, -0.2) is 18.1 Å². The highest BCUT2D eigenvalue weighted by Crippen LogP contribution is 2.36. The van der Waals surface area contributed by atoms with E-state index in [1.54, 1.807) is 6.07 Å². The Labute approximate surface area is 146 Å². The number of nitro benzene ring substituents is 1. The molecule has 0 saturated heterocycles. The first-order chi connectivity index (χ1) is 12.1. The van der Waals surface area contributed by atoms with E-state index in [9.17, 15) is 10.1 Å². The van der Waals surface area contributed by atoms with Gasteiger partial charge >= 0.3 is 0 Å². The summed E-state index contributed by atoms with van der Waals surface area (Å²) in [5.74, 6) is 1.51. The van der Waals surface area contributed by atoms with Crippen LogP contribution in [0.25, 0.3) is 0 Å². The Balaban J connectivity index is 1.79. The largest absolute Gasteiger partial charge is 0.493 e. The molecule has 0 aromatic heterocycles. The average Bonchev–Trinajstić information content (AvgIpc) is 3.34. The molecule has 2 aromatic rings. The number of ether oxygens (including phenoxy) is 2. The first kappa shape index (κ1) is 17.2. The lowest BCUT2D eigenvalue weighted by Gasteiger charge is -2.13. The van der Waals surface area contributed by atoms with Crippen molar-refractivity contribution < 1.29 is 14.4 Å². The Morgan fingerprint density at radius 2 is 1.96 bits per heavy atom. The van der Waals surface area contributed by atoms with E-state index >= 15 is 0 Å². The molecule has 1 aliphatic carbocycles. The van der Waals surface area contributed by atoms with Gasteiger partial charge in [0, 0.05) is 18.2 Å². The minimum atomic E-state index is -0.373. The van der Waals surface area contributed by atoms with E-state index in [0.29, 0.717) is 42.2 Å². The molecule has 2 unspecified atom stereocenters. The van der Waals surface area contributed by atoms with Gasteiger partial charge in [0.2, 0.25) is 0 Å². The molecule has 1 fully saturated rings. The number of hydrogen-bond donors (Lipinski definition) is 1. The number of nitrogens with one attached hydrogen (secondary N) is 1. The van der Waals surface area contributed by atoms with E-state index < -0.39 is 0 Å². The van der Waals surface area contributed by atoms with Crippen molar-refractivity contribution >= 4 is 5.69 Å². The summed E-state index contributed by atoms with van der Waals surface area (Å²) in [4.78, 5) is 11.1. The molecule has 0 radical (unpaired) electrons. The van der Waals surface area contributed by atoms with Crippen molar-refractivity contribution in [2.24, 2.45) is 5.92 Å². The minimum absolute atomic E-state index is 0.0460. The molecule has 132 valence electrons. The Morgan fingerprint density at radius 1 is 1.24 bits per heavy atom. The maximum atomic E-state index is 11.5. The van der Waals surface area contributed by atoms with Gasteiger partial charge in [0.1, 0.15) is 6.61 Å². The van der Waals surface area contributed by atoms with Crippen molar-refractivity contribution in [3.05, 3.63) is 63.7 Å². The van der Waals surface area contributed by atoms with Gasteiger partial charge in [0.05, 0.1) is 18.1 Å². The molecule has 2 aromatic carbocycles. The highest BCUT2D eigenvalue weighted by molar-refractivity contribution is 5.54. The van der Waals surface area contributed by atoms with E-state index in [4.69, 9.17) is 9.47 Å². The van der Waals surface area contributed by atoms with Crippen molar-refractivity contribution in [3.63, 3.8) is 0 Å². The summed E-state index contributed by atoms with van der Waals surface area (Å²) in [6.07, 6.45) is 1.11. The van der Waals surface area contributed by atoms with Gasteiger partial charge < -0.3 is 14.8 Å². The fourth-order valence-electron chi connectivity index (χ4n) is 2.76. The standard InChI is InChI=1S/C19H22N2O4/c1-13-8-16(13)20-11-15-9-18(24-2)19(10-17(15)21(22)23)25-12-14-6-4-3-5-7-14/h3-7,9-10,13,16,20H,8,11-12H2,1-2H3. The van der Waals surface area contributed by atoms with E-state index in [1.165, 1.54) is 13.2 Å². The maximum Gasteiger partial charge on any atom is 0.277 e. The first-order valence-electron chi connectivity index (χ1n) is 8.34. The molecular weight excluding hydrogens is 320 g/mol. The molecule has 6 nitrogen and oxygen atoms in total. The lowest BCUT2D eigenvalue weighted by molar-refractivity contribution is -0.385. The van der Waals surface area contributed by atoms with Crippen LogP contribution in [0.3, 0.4) is 0 Å². The predicted molar refractivity (Wildman–Crippen MR) is 94.8 cm³/mol. The van der Waals surface area contributed by atoms with Crippen molar-refractivity contribution in [1.29, 1.82) is 0 Å². The number of rotatable bonds is 8. The molecule has 0 spiro atoms. The van der Waals surface area contributed by atoms with Crippen molar-refractivity contribution in [3.8, 4) is 11.5 Å². The van der Waals surface area contributed by atoms with E-state index in [0.717, 1.165) is 12.0 Å². The summed E-state index contributed by atoms with van der Waals surface area (Å²) in [5.41, 5.74) is 1.64. The SMILES string of the molecule is COc1cc(CNC2CC2C)c([N+](=O)[O-])cc1OCc1ccccc1. The average molecular weight is 342 g/mol. The van der Waals surface area contributed by atoms with Crippen LogP contribution in [0.15, 0.2) is 42.5 Å². The molecule has 3 rings (SSSR count). The molecule has 0 amide bonds. The Morgan fingerprint density at radius 3 is 2.56 bits per heavy atom. The van der Waals surface area contributed by atoms with Gasteiger partial charge in [-0.3, -0.25) is 10.1 Å². The van der Waals surface area contributed by atoms with Crippen LogP contribution in [0.4, 0.5) is 5.69 Å². The second kappa shape index (κ2) is 7.53. The molecule has 1 saturated carbocycles. The third-order valence-corrected chi connectivity index (χ3v) is 4.46. The molecule has 1 N–H and O–H groups in total. The Bertz CT molecular complexity index is 749. The van der Waals surface area contributed by atoms with Gasteiger partial charge in [-0.1, -0.05) is 37.3 Å². The van der Waals surface area contributed by atoms with Crippen molar-refractivity contribution in [1.82, 2.24) is 5.32 Å². The summed E-state index contributed by atoms with van der Waals surface area (Å²) >= 11 is 0. The lowest BCUT2D eigenvalue weighted by atomic mass is 10.1. The zero-order chi connectivity index (χ0) is 17.8. The number of methoxy groups -OCH3 is 1. The number of nitro groups is 1. The molecule has 0 heterocycles. The highest BCUT2D eigenvalue weighted by Gasteiger charge is 2.32. The minimum Gasteiger partial charge on any atom is -0.493 e. The second-order valence-electron chi connectivity index (χ2n) is 6.36. The van der Waals surface area contributed by atoms with Gasteiger partial charge in [-0.2, -0.15) is 0 Å². The van der Waals surface area contributed by atoms with Gasteiger partial charge in [-0.05, 0) is 24.0 Å². The van der Waals surface area contributed by atoms with Crippen LogP contribution in [0.5, 0.6) is 11.5 Å². The number of nitrogens with zero attached hydrogens (tertiary/aromatic N) is 1. The highest BCUT2D eigenvalue weighted by atomic mass is 16.6. The summed E-state index contributed by atoms with van der Waals surface area (Å²) in [6, 6.07) is 13.2. The van der Waals surface area contributed by atoms with Crippen LogP contribution in [0.2, 0.25) is 0 Å². The summed E-state index contributed by atoms with van der Waals surface area (Å²) < 4.78 is 11.1. The molecule has 0 aliphatic heterocycles. The monoisotopic (exact) mass is 342 g/mol. The van der Waals surface area contributed by atoms with E-state index in [-0.39, 0.29) is 10.6 Å². The second-order valence-corrected chi connectivity index (χ2v) is 6.36. The van der Waals surface area contributed by atoms with E-state index in [1.807, 2.05) is 30.3 Å². The molecular formula is C19H22N2O4. The maximum absolute atomic E-state index is 11.5. The van der Waals surface area contributed by atoms with Crippen LogP contribution in [0.1, 0.15) is 24.5 Å².